The highest BCUT2D eigenvalue weighted by Gasteiger charge is 2.32. The first-order chi connectivity index (χ1) is 9.33. The lowest BCUT2D eigenvalue weighted by atomic mass is 10.3. The van der Waals surface area contributed by atoms with Gasteiger partial charge in [-0.15, -0.1) is 11.8 Å². The van der Waals surface area contributed by atoms with E-state index in [9.17, 15) is 4.79 Å². The van der Waals surface area contributed by atoms with Gasteiger partial charge in [0, 0.05) is 17.8 Å². The summed E-state index contributed by atoms with van der Waals surface area (Å²) in [7, 11) is 0. The van der Waals surface area contributed by atoms with Crippen LogP contribution in [0.1, 0.15) is 44.1 Å². The summed E-state index contributed by atoms with van der Waals surface area (Å²) in [4.78, 5) is 14.5. The summed E-state index contributed by atoms with van der Waals surface area (Å²) in [5, 5.41) is 5.00. The predicted molar refractivity (Wildman–Crippen MR) is 82.6 cm³/mol. The molecule has 2 nitrogen and oxygen atoms in total. The van der Waals surface area contributed by atoms with Gasteiger partial charge in [0.2, 0.25) is 5.91 Å². The Morgan fingerprint density at radius 3 is 2.74 bits per heavy atom. The number of hydrogen-bond acceptors (Lipinski definition) is 3. The Kier molecular flexibility index (Phi) is 4.49. The Labute approximate surface area is 123 Å². The smallest absolute Gasteiger partial charge is 0.233 e. The average Bonchev–Trinajstić information content (AvgIpc) is 2.94. The van der Waals surface area contributed by atoms with E-state index in [1.54, 1.807) is 11.3 Å². The lowest BCUT2D eigenvalue weighted by molar-refractivity contribution is -0.129. The monoisotopic (exact) mass is 295 g/mol. The van der Waals surface area contributed by atoms with Crippen molar-refractivity contribution in [2.45, 2.75) is 56.4 Å². The molecule has 2 aliphatic rings. The van der Waals surface area contributed by atoms with E-state index in [2.05, 4.69) is 21.7 Å². The van der Waals surface area contributed by atoms with Gasteiger partial charge in [-0.25, -0.2) is 0 Å². The molecule has 0 bridgehead atoms. The van der Waals surface area contributed by atoms with E-state index in [1.165, 1.54) is 44.1 Å². The van der Waals surface area contributed by atoms with Crippen molar-refractivity contribution in [2.24, 2.45) is 0 Å². The van der Waals surface area contributed by atoms with Gasteiger partial charge in [-0.3, -0.25) is 4.79 Å². The summed E-state index contributed by atoms with van der Waals surface area (Å²) in [6.45, 7) is 0.818. The van der Waals surface area contributed by atoms with Crippen LogP contribution in [0.5, 0.6) is 0 Å². The minimum absolute atomic E-state index is 0.352. The summed E-state index contributed by atoms with van der Waals surface area (Å²) >= 11 is 3.61. The summed E-state index contributed by atoms with van der Waals surface area (Å²) in [5.74, 6) is 1.04. The first-order valence-corrected chi connectivity index (χ1v) is 9.24. The Hall–Kier alpha value is -0.480. The van der Waals surface area contributed by atoms with E-state index in [-0.39, 0.29) is 0 Å². The molecule has 0 atom stereocenters. The lowest BCUT2D eigenvalue weighted by Crippen LogP contribution is -2.34. The van der Waals surface area contributed by atoms with E-state index >= 15 is 0 Å². The van der Waals surface area contributed by atoms with Crippen molar-refractivity contribution in [3.8, 4) is 0 Å². The number of thioether (sulfide) groups is 1. The molecule has 104 valence electrons. The first kappa shape index (κ1) is 13.5. The molecule has 0 unspecified atom stereocenters. The maximum Gasteiger partial charge on any atom is 0.233 e. The maximum absolute atomic E-state index is 12.4. The molecule has 2 aliphatic carbocycles. The lowest BCUT2D eigenvalue weighted by Gasteiger charge is -2.22. The molecule has 1 heterocycles. The van der Waals surface area contributed by atoms with Gasteiger partial charge in [0.15, 0.2) is 0 Å². The highest BCUT2D eigenvalue weighted by atomic mass is 32.2. The maximum atomic E-state index is 12.4. The molecule has 1 amide bonds. The number of amides is 1. The Balaban J connectivity index is 1.52. The van der Waals surface area contributed by atoms with E-state index in [0.717, 1.165) is 11.8 Å². The number of nitrogens with zero attached hydrogens (tertiary/aromatic N) is 1. The number of carbonyl (C=O) groups excluding carboxylic acids is 1. The molecule has 0 aromatic carbocycles. The van der Waals surface area contributed by atoms with Crippen LogP contribution < -0.4 is 0 Å². The third kappa shape index (κ3) is 3.76. The summed E-state index contributed by atoms with van der Waals surface area (Å²) in [5.41, 5.74) is 1.29. The number of carbonyl (C=O) groups is 1. The normalized spacial score (nSPS) is 19.8. The third-order valence-electron chi connectivity index (χ3n) is 3.99. The van der Waals surface area contributed by atoms with E-state index in [4.69, 9.17) is 0 Å². The molecule has 1 aromatic rings. The fourth-order valence-electron chi connectivity index (χ4n) is 2.71. The Bertz CT molecular complexity index is 408. The fraction of sp³-hybridized carbons (Fsp3) is 0.667. The van der Waals surface area contributed by atoms with Crippen LogP contribution in [0.4, 0.5) is 0 Å². The summed E-state index contributed by atoms with van der Waals surface area (Å²) in [6, 6.07) is 2.66. The van der Waals surface area contributed by atoms with Crippen molar-refractivity contribution in [3.05, 3.63) is 22.4 Å². The van der Waals surface area contributed by atoms with Gasteiger partial charge in [0.25, 0.3) is 0 Å². The van der Waals surface area contributed by atoms with E-state index in [0.29, 0.717) is 17.7 Å². The SMILES string of the molecule is O=C(CSC1CCCC1)N(Cc1ccsc1)C1CC1. The second-order valence-corrected chi connectivity index (χ2v) is 7.67. The molecule has 0 N–H and O–H groups in total. The highest BCUT2D eigenvalue weighted by Crippen LogP contribution is 2.32. The largest absolute Gasteiger partial charge is 0.335 e. The zero-order valence-corrected chi connectivity index (χ0v) is 12.8. The molecule has 2 fully saturated rings. The van der Waals surface area contributed by atoms with Gasteiger partial charge in [0.1, 0.15) is 0 Å². The minimum atomic E-state index is 0.352. The van der Waals surface area contributed by atoms with Crippen molar-refractivity contribution in [2.75, 3.05) is 5.75 Å². The van der Waals surface area contributed by atoms with Crippen molar-refractivity contribution in [3.63, 3.8) is 0 Å². The van der Waals surface area contributed by atoms with Gasteiger partial charge in [-0.1, -0.05) is 12.8 Å². The van der Waals surface area contributed by atoms with Gasteiger partial charge in [-0.2, -0.15) is 11.3 Å². The zero-order valence-electron chi connectivity index (χ0n) is 11.2. The standard InChI is InChI=1S/C15H21NOS2/c17-15(11-19-14-3-1-2-4-14)16(13-5-6-13)9-12-7-8-18-10-12/h7-8,10,13-14H,1-6,9,11H2. The third-order valence-corrected chi connectivity index (χ3v) is 6.07. The van der Waals surface area contributed by atoms with Gasteiger partial charge >= 0.3 is 0 Å². The van der Waals surface area contributed by atoms with Crippen LogP contribution in [0.15, 0.2) is 16.8 Å². The molecular formula is C15H21NOS2. The van der Waals surface area contributed by atoms with Gasteiger partial charge in [-0.05, 0) is 48.1 Å². The topological polar surface area (TPSA) is 20.3 Å². The number of thiophene rings is 1. The molecule has 3 rings (SSSR count). The van der Waals surface area contributed by atoms with E-state index in [1.807, 2.05) is 11.8 Å². The Morgan fingerprint density at radius 2 is 2.11 bits per heavy atom. The van der Waals surface area contributed by atoms with Crippen LogP contribution in [0, 0.1) is 0 Å². The second kappa shape index (κ2) is 6.31. The van der Waals surface area contributed by atoms with Crippen molar-refractivity contribution < 1.29 is 4.79 Å². The molecule has 0 saturated heterocycles. The number of hydrogen-bond donors (Lipinski definition) is 0. The predicted octanol–water partition coefficient (Wildman–Crippen LogP) is 3.91. The van der Waals surface area contributed by atoms with Crippen LogP contribution in [0.3, 0.4) is 0 Å². The molecule has 0 spiro atoms. The van der Waals surface area contributed by atoms with Crippen molar-refractivity contribution in [1.29, 1.82) is 0 Å². The number of rotatable bonds is 6. The summed E-state index contributed by atoms with van der Waals surface area (Å²) in [6.07, 6.45) is 7.73. The molecule has 1 aromatic heterocycles. The second-order valence-electron chi connectivity index (χ2n) is 5.60. The molecule has 0 aliphatic heterocycles. The van der Waals surface area contributed by atoms with Crippen molar-refractivity contribution >= 4 is 29.0 Å². The molecule has 2 saturated carbocycles. The molecule has 4 heteroatoms. The van der Waals surface area contributed by atoms with Crippen LogP contribution >= 0.6 is 23.1 Å². The molecule has 19 heavy (non-hydrogen) atoms. The minimum Gasteiger partial charge on any atom is -0.335 e. The van der Waals surface area contributed by atoms with Crippen LogP contribution in [0.25, 0.3) is 0 Å². The van der Waals surface area contributed by atoms with Crippen molar-refractivity contribution in [1.82, 2.24) is 4.90 Å². The first-order valence-electron chi connectivity index (χ1n) is 7.25. The van der Waals surface area contributed by atoms with Gasteiger partial charge < -0.3 is 4.90 Å². The quantitative estimate of drug-likeness (QED) is 0.793. The van der Waals surface area contributed by atoms with Crippen LogP contribution in [0.2, 0.25) is 0 Å². The summed E-state index contributed by atoms with van der Waals surface area (Å²) < 4.78 is 0. The highest BCUT2D eigenvalue weighted by molar-refractivity contribution is 8.00. The van der Waals surface area contributed by atoms with Gasteiger partial charge in [0.05, 0.1) is 5.75 Å². The van der Waals surface area contributed by atoms with Crippen LogP contribution in [-0.2, 0) is 11.3 Å². The molecular weight excluding hydrogens is 274 g/mol. The average molecular weight is 295 g/mol. The molecule has 0 radical (unpaired) electrons. The fourth-order valence-corrected chi connectivity index (χ4v) is 4.58. The van der Waals surface area contributed by atoms with Crippen LogP contribution in [-0.4, -0.2) is 27.9 Å². The Morgan fingerprint density at radius 1 is 1.32 bits per heavy atom. The van der Waals surface area contributed by atoms with E-state index < -0.39 is 0 Å². The zero-order chi connectivity index (χ0) is 13.1.